The maximum atomic E-state index is 6.25. The standard InChI is InChI=1S/C18H21ClN2O/c1-22-17-7-4-6-16(13-17)21-11-9-20(10-12-21)14-15-5-2-3-8-18(15)19/h2-8,13H,9-12,14H2,1H3. The van der Waals surface area contributed by atoms with E-state index in [-0.39, 0.29) is 0 Å². The third-order valence-electron chi connectivity index (χ3n) is 4.14. The van der Waals surface area contributed by atoms with E-state index in [2.05, 4.69) is 28.0 Å². The van der Waals surface area contributed by atoms with E-state index in [0.717, 1.165) is 43.5 Å². The first kappa shape index (κ1) is 15.2. The van der Waals surface area contributed by atoms with E-state index in [9.17, 15) is 0 Å². The van der Waals surface area contributed by atoms with Crippen LogP contribution >= 0.6 is 11.6 Å². The number of nitrogens with zero attached hydrogens (tertiary/aromatic N) is 2. The molecule has 1 aliphatic heterocycles. The zero-order valence-electron chi connectivity index (χ0n) is 12.8. The number of halogens is 1. The summed E-state index contributed by atoms with van der Waals surface area (Å²) in [4.78, 5) is 4.86. The summed E-state index contributed by atoms with van der Waals surface area (Å²) in [6.45, 7) is 5.06. The molecular formula is C18H21ClN2O. The fraction of sp³-hybridized carbons (Fsp3) is 0.333. The van der Waals surface area contributed by atoms with Crippen molar-refractivity contribution in [3.05, 3.63) is 59.1 Å². The Morgan fingerprint density at radius 3 is 2.50 bits per heavy atom. The number of anilines is 1. The van der Waals surface area contributed by atoms with Gasteiger partial charge in [0.05, 0.1) is 7.11 Å². The van der Waals surface area contributed by atoms with Crippen molar-refractivity contribution in [3.63, 3.8) is 0 Å². The molecule has 0 aliphatic carbocycles. The quantitative estimate of drug-likeness (QED) is 0.856. The molecule has 0 atom stereocenters. The van der Waals surface area contributed by atoms with Gasteiger partial charge in [0.25, 0.3) is 0 Å². The summed E-state index contributed by atoms with van der Waals surface area (Å²) in [5.41, 5.74) is 2.44. The van der Waals surface area contributed by atoms with Gasteiger partial charge in [0, 0.05) is 49.5 Å². The van der Waals surface area contributed by atoms with E-state index in [1.807, 2.05) is 30.3 Å². The number of ether oxygens (including phenoxy) is 1. The van der Waals surface area contributed by atoms with Gasteiger partial charge in [0.1, 0.15) is 5.75 Å². The van der Waals surface area contributed by atoms with Gasteiger partial charge in [-0.25, -0.2) is 0 Å². The molecular weight excluding hydrogens is 296 g/mol. The van der Waals surface area contributed by atoms with Crippen molar-refractivity contribution in [1.29, 1.82) is 0 Å². The second kappa shape index (κ2) is 7.03. The summed E-state index contributed by atoms with van der Waals surface area (Å²) in [6.07, 6.45) is 0. The van der Waals surface area contributed by atoms with Crippen LogP contribution in [0.25, 0.3) is 0 Å². The number of hydrogen-bond donors (Lipinski definition) is 0. The minimum Gasteiger partial charge on any atom is -0.497 e. The predicted molar refractivity (Wildman–Crippen MR) is 91.9 cm³/mol. The molecule has 1 heterocycles. The molecule has 1 fully saturated rings. The van der Waals surface area contributed by atoms with Gasteiger partial charge >= 0.3 is 0 Å². The highest BCUT2D eigenvalue weighted by Crippen LogP contribution is 2.23. The maximum Gasteiger partial charge on any atom is 0.120 e. The fourth-order valence-corrected chi connectivity index (χ4v) is 3.03. The normalized spacial score (nSPS) is 15.8. The van der Waals surface area contributed by atoms with Crippen LogP contribution in [0.1, 0.15) is 5.56 Å². The first-order chi connectivity index (χ1) is 10.8. The highest BCUT2D eigenvalue weighted by atomic mass is 35.5. The van der Waals surface area contributed by atoms with Gasteiger partial charge in [0.2, 0.25) is 0 Å². The fourth-order valence-electron chi connectivity index (χ4n) is 2.84. The average Bonchev–Trinajstić information content (AvgIpc) is 2.58. The van der Waals surface area contributed by atoms with Gasteiger partial charge in [-0.1, -0.05) is 35.9 Å². The van der Waals surface area contributed by atoms with E-state index in [4.69, 9.17) is 16.3 Å². The van der Waals surface area contributed by atoms with E-state index in [0.29, 0.717) is 0 Å². The van der Waals surface area contributed by atoms with Gasteiger partial charge in [-0.15, -0.1) is 0 Å². The van der Waals surface area contributed by atoms with Crippen LogP contribution < -0.4 is 9.64 Å². The van der Waals surface area contributed by atoms with Crippen LogP contribution in [0.15, 0.2) is 48.5 Å². The predicted octanol–water partition coefficient (Wildman–Crippen LogP) is 3.67. The van der Waals surface area contributed by atoms with Crippen molar-refractivity contribution in [1.82, 2.24) is 4.90 Å². The van der Waals surface area contributed by atoms with Gasteiger partial charge in [-0.05, 0) is 23.8 Å². The Morgan fingerprint density at radius 1 is 1.00 bits per heavy atom. The van der Waals surface area contributed by atoms with Gasteiger partial charge in [0.15, 0.2) is 0 Å². The number of rotatable bonds is 4. The van der Waals surface area contributed by atoms with Crippen molar-refractivity contribution in [3.8, 4) is 5.75 Å². The first-order valence-electron chi connectivity index (χ1n) is 7.61. The van der Waals surface area contributed by atoms with Crippen LogP contribution in [0.3, 0.4) is 0 Å². The Kier molecular flexibility index (Phi) is 4.86. The zero-order chi connectivity index (χ0) is 15.4. The van der Waals surface area contributed by atoms with Gasteiger partial charge in [-0.3, -0.25) is 4.90 Å². The molecule has 0 N–H and O–H groups in total. The number of benzene rings is 2. The van der Waals surface area contributed by atoms with Crippen molar-refractivity contribution in [2.45, 2.75) is 6.54 Å². The third-order valence-corrected chi connectivity index (χ3v) is 4.51. The summed E-state index contributed by atoms with van der Waals surface area (Å²) in [5.74, 6) is 0.913. The van der Waals surface area contributed by atoms with E-state index in [1.165, 1.54) is 11.3 Å². The lowest BCUT2D eigenvalue weighted by Gasteiger charge is -2.36. The van der Waals surface area contributed by atoms with Crippen LogP contribution in [-0.2, 0) is 6.54 Å². The molecule has 0 bridgehead atoms. The van der Waals surface area contributed by atoms with Crippen LogP contribution in [0.5, 0.6) is 5.75 Å². The molecule has 3 rings (SSSR count). The van der Waals surface area contributed by atoms with Crippen LogP contribution in [0, 0.1) is 0 Å². The average molecular weight is 317 g/mol. The van der Waals surface area contributed by atoms with Crippen molar-refractivity contribution in [2.75, 3.05) is 38.2 Å². The maximum absolute atomic E-state index is 6.25. The highest BCUT2D eigenvalue weighted by Gasteiger charge is 2.18. The minimum absolute atomic E-state index is 0.859. The summed E-state index contributed by atoms with van der Waals surface area (Å²) in [7, 11) is 1.71. The van der Waals surface area contributed by atoms with Crippen molar-refractivity contribution < 1.29 is 4.74 Å². The zero-order valence-corrected chi connectivity index (χ0v) is 13.6. The highest BCUT2D eigenvalue weighted by molar-refractivity contribution is 6.31. The van der Waals surface area contributed by atoms with Crippen molar-refractivity contribution in [2.24, 2.45) is 0 Å². The minimum atomic E-state index is 0.859. The lowest BCUT2D eigenvalue weighted by atomic mass is 10.2. The topological polar surface area (TPSA) is 15.7 Å². The van der Waals surface area contributed by atoms with Crippen LogP contribution in [0.2, 0.25) is 5.02 Å². The molecule has 0 aromatic heterocycles. The monoisotopic (exact) mass is 316 g/mol. The molecule has 2 aromatic carbocycles. The van der Waals surface area contributed by atoms with E-state index < -0.39 is 0 Å². The van der Waals surface area contributed by atoms with Crippen LogP contribution in [-0.4, -0.2) is 38.2 Å². The molecule has 0 amide bonds. The molecule has 22 heavy (non-hydrogen) atoms. The SMILES string of the molecule is COc1cccc(N2CCN(Cc3ccccc3Cl)CC2)c1. The molecule has 0 spiro atoms. The molecule has 0 radical (unpaired) electrons. The molecule has 116 valence electrons. The molecule has 2 aromatic rings. The van der Waals surface area contributed by atoms with Gasteiger partial charge in [-0.2, -0.15) is 0 Å². The Labute approximate surface area is 137 Å². The Morgan fingerprint density at radius 2 is 1.77 bits per heavy atom. The molecule has 4 heteroatoms. The largest absolute Gasteiger partial charge is 0.497 e. The molecule has 1 saturated heterocycles. The van der Waals surface area contributed by atoms with Crippen molar-refractivity contribution >= 4 is 17.3 Å². The smallest absolute Gasteiger partial charge is 0.120 e. The summed E-state index contributed by atoms with van der Waals surface area (Å²) in [5, 5.41) is 0.859. The second-order valence-corrected chi connectivity index (χ2v) is 5.96. The molecule has 3 nitrogen and oxygen atoms in total. The molecule has 1 aliphatic rings. The summed E-state index contributed by atoms with van der Waals surface area (Å²) in [6, 6.07) is 16.4. The first-order valence-corrected chi connectivity index (χ1v) is 7.99. The lowest BCUT2D eigenvalue weighted by Crippen LogP contribution is -2.46. The number of hydrogen-bond acceptors (Lipinski definition) is 3. The summed E-state index contributed by atoms with van der Waals surface area (Å²) < 4.78 is 5.31. The van der Waals surface area contributed by atoms with Gasteiger partial charge < -0.3 is 9.64 Å². The third kappa shape index (κ3) is 3.54. The molecule has 0 unspecified atom stereocenters. The number of piperazine rings is 1. The number of methoxy groups -OCH3 is 1. The van der Waals surface area contributed by atoms with E-state index in [1.54, 1.807) is 7.11 Å². The lowest BCUT2D eigenvalue weighted by molar-refractivity contribution is 0.250. The Balaban J connectivity index is 1.59. The van der Waals surface area contributed by atoms with Crippen LogP contribution in [0.4, 0.5) is 5.69 Å². The Hall–Kier alpha value is -1.71. The Bertz CT molecular complexity index is 624. The van der Waals surface area contributed by atoms with E-state index >= 15 is 0 Å². The second-order valence-electron chi connectivity index (χ2n) is 5.56. The molecule has 0 saturated carbocycles. The summed E-state index contributed by atoms with van der Waals surface area (Å²) >= 11 is 6.25.